The van der Waals surface area contributed by atoms with E-state index in [0.29, 0.717) is 23.2 Å². The van der Waals surface area contributed by atoms with E-state index in [1.807, 2.05) is 38.1 Å². The number of Topliss-reactive ketones (excluding diaryl/α,β-unsaturated/α-hetero) is 1. The van der Waals surface area contributed by atoms with Crippen molar-refractivity contribution in [3.05, 3.63) is 95.7 Å². The first-order valence-corrected chi connectivity index (χ1v) is 12.2. The first kappa shape index (κ1) is 21.8. The number of H-pyrrole nitrogens is 1. The number of hydrogen-bond donors (Lipinski definition) is 2. The maximum atomic E-state index is 13.7. The second-order valence-corrected chi connectivity index (χ2v) is 9.96. The average Bonchev–Trinajstić information content (AvgIpc) is 3.22. The number of para-hydroxylation sites is 1. The van der Waals surface area contributed by atoms with Crippen LogP contribution in [0, 0.1) is 6.92 Å². The van der Waals surface area contributed by atoms with E-state index in [1.165, 1.54) is 0 Å². The third-order valence-corrected chi connectivity index (χ3v) is 7.47. The Morgan fingerprint density at radius 3 is 2.34 bits per heavy atom. The second kappa shape index (κ2) is 9.01. The predicted octanol–water partition coefficient (Wildman–Crippen LogP) is 6.04. The van der Waals surface area contributed by atoms with Gasteiger partial charge in [0.05, 0.1) is 4.90 Å². The summed E-state index contributed by atoms with van der Waals surface area (Å²) in [6.45, 7) is 3.89. The zero-order valence-corrected chi connectivity index (χ0v) is 18.9. The van der Waals surface area contributed by atoms with Crippen LogP contribution in [0.2, 0.25) is 0 Å². The standard InChI is InChI=1S/C26H26N2O3S/c1-3-6-25(29)19-11-13-20(14-12-19)28-26(23-17-27-24-8-5-4-7-22(23)24)32(30,31)21-15-9-18(2)10-16-21/h4-5,7-17,26-28H,3,6H2,1-2H3. The maximum Gasteiger partial charge on any atom is 0.203 e. The van der Waals surface area contributed by atoms with Gasteiger partial charge >= 0.3 is 0 Å². The molecule has 4 aromatic rings. The highest BCUT2D eigenvalue weighted by Gasteiger charge is 2.31. The summed E-state index contributed by atoms with van der Waals surface area (Å²) in [4.78, 5) is 15.6. The summed E-state index contributed by atoms with van der Waals surface area (Å²) in [7, 11) is -3.76. The first-order valence-electron chi connectivity index (χ1n) is 10.7. The van der Waals surface area contributed by atoms with Gasteiger partial charge in [-0.25, -0.2) is 8.42 Å². The van der Waals surface area contributed by atoms with Crippen LogP contribution in [0.25, 0.3) is 10.9 Å². The van der Waals surface area contributed by atoms with E-state index in [9.17, 15) is 13.2 Å². The molecule has 0 aliphatic heterocycles. The number of benzene rings is 3. The lowest BCUT2D eigenvalue weighted by atomic mass is 10.1. The fourth-order valence-corrected chi connectivity index (χ4v) is 5.38. The SMILES string of the molecule is CCCC(=O)c1ccc(NC(c2c[nH]c3ccccc23)S(=O)(=O)c2ccc(C)cc2)cc1. The summed E-state index contributed by atoms with van der Waals surface area (Å²) >= 11 is 0. The van der Waals surface area contributed by atoms with E-state index >= 15 is 0 Å². The van der Waals surface area contributed by atoms with Gasteiger partial charge in [0.25, 0.3) is 0 Å². The maximum absolute atomic E-state index is 13.7. The summed E-state index contributed by atoms with van der Waals surface area (Å²) in [6, 6.07) is 21.5. The van der Waals surface area contributed by atoms with Gasteiger partial charge in [0, 0.05) is 40.3 Å². The molecule has 0 saturated carbocycles. The van der Waals surface area contributed by atoms with Crippen LogP contribution in [0.4, 0.5) is 5.69 Å². The highest BCUT2D eigenvalue weighted by molar-refractivity contribution is 7.91. The van der Waals surface area contributed by atoms with Gasteiger partial charge in [0.1, 0.15) is 0 Å². The summed E-state index contributed by atoms with van der Waals surface area (Å²) in [5.41, 5.74) is 3.76. The van der Waals surface area contributed by atoms with Crippen molar-refractivity contribution in [1.82, 2.24) is 4.98 Å². The number of aromatic nitrogens is 1. The number of ketones is 1. The Kier molecular flexibility index (Phi) is 6.15. The lowest BCUT2D eigenvalue weighted by Gasteiger charge is -2.21. The molecule has 0 radical (unpaired) electrons. The van der Waals surface area contributed by atoms with Crippen molar-refractivity contribution in [2.24, 2.45) is 0 Å². The van der Waals surface area contributed by atoms with Gasteiger partial charge in [-0.2, -0.15) is 0 Å². The average molecular weight is 447 g/mol. The van der Waals surface area contributed by atoms with Crippen molar-refractivity contribution in [3.8, 4) is 0 Å². The Labute approximate surface area is 188 Å². The Morgan fingerprint density at radius 2 is 1.66 bits per heavy atom. The zero-order valence-electron chi connectivity index (χ0n) is 18.1. The van der Waals surface area contributed by atoms with E-state index in [4.69, 9.17) is 0 Å². The van der Waals surface area contributed by atoms with Crippen LogP contribution in [-0.4, -0.2) is 19.2 Å². The molecule has 1 heterocycles. The highest BCUT2D eigenvalue weighted by atomic mass is 32.2. The molecule has 0 bridgehead atoms. The van der Waals surface area contributed by atoms with Gasteiger partial charge in [-0.15, -0.1) is 0 Å². The number of rotatable bonds is 8. The summed E-state index contributed by atoms with van der Waals surface area (Å²) in [6.07, 6.45) is 3.02. The summed E-state index contributed by atoms with van der Waals surface area (Å²) in [5, 5.41) is 3.05. The van der Waals surface area contributed by atoms with Gasteiger partial charge in [0.15, 0.2) is 11.2 Å². The lowest BCUT2D eigenvalue weighted by Crippen LogP contribution is -2.21. The predicted molar refractivity (Wildman–Crippen MR) is 129 cm³/mol. The van der Waals surface area contributed by atoms with Gasteiger partial charge < -0.3 is 10.3 Å². The third-order valence-electron chi connectivity index (χ3n) is 5.55. The molecule has 164 valence electrons. The van der Waals surface area contributed by atoms with Gasteiger partial charge in [-0.05, 0) is 55.8 Å². The van der Waals surface area contributed by atoms with Crippen LogP contribution in [0.3, 0.4) is 0 Å². The van der Waals surface area contributed by atoms with E-state index in [2.05, 4.69) is 10.3 Å². The zero-order chi connectivity index (χ0) is 22.7. The van der Waals surface area contributed by atoms with Gasteiger partial charge in [-0.3, -0.25) is 4.79 Å². The number of fused-ring (bicyclic) bond motifs is 1. The molecule has 0 fully saturated rings. The van der Waals surface area contributed by atoms with Gasteiger partial charge in [-0.1, -0.05) is 42.8 Å². The molecule has 32 heavy (non-hydrogen) atoms. The Bertz CT molecular complexity index is 1340. The van der Waals surface area contributed by atoms with Crippen LogP contribution < -0.4 is 5.32 Å². The number of aryl methyl sites for hydroxylation is 1. The van der Waals surface area contributed by atoms with E-state index in [1.54, 1.807) is 54.7 Å². The molecule has 2 N–H and O–H groups in total. The Hall–Kier alpha value is -3.38. The lowest BCUT2D eigenvalue weighted by molar-refractivity contribution is 0.0981. The topological polar surface area (TPSA) is 79.0 Å². The molecule has 0 spiro atoms. The van der Waals surface area contributed by atoms with Crippen molar-refractivity contribution < 1.29 is 13.2 Å². The van der Waals surface area contributed by atoms with E-state index in [0.717, 1.165) is 22.9 Å². The third kappa shape index (κ3) is 4.32. The summed E-state index contributed by atoms with van der Waals surface area (Å²) < 4.78 is 27.4. The molecule has 6 heteroatoms. The molecule has 1 unspecified atom stereocenters. The van der Waals surface area contributed by atoms with E-state index < -0.39 is 15.2 Å². The molecular weight excluding hydrogens is 420 g/mol. The Balaban J connectivity index is 1.76. The van der Waals surface area contributed by atoms with Crippen molar-refractivity contribution in [2.75, 3.05) is 5.32 Å². The molecule has 0 amide bonds. The minimum atomic E-state index is -3.76. The quantitative estimate of drug-likeness (QED) is 0.323. The van der Waals surface area contributed by atoms with Crippen LogP contribution in [0.15, 0.2) is 83.9 Å². The number of nitrogens with one attached hydrogen (secondary N) is 2. The minimum Gasteiger partial charge on any atom is -0.365 e. The van der Waals surface area contributed by atoms with Gasteiger partial charge in [0.2, 0.25) is 9.84 Å². The minimum absolute atomic E-state index is 0.0829. The molecule has 0 aliphatic carbocycles. The van der Waals surface area contributed by atoms with Crippen molar-refractivity contribution in [3.63, 3.8) is 0 Å². The van der Waals surface area contributed by atoms with E-state index in [-0.39, 0.29) is 10.7 Å². The molecule has 1 aromatic heterocycles. The fourth-order valence-electron chi connectivity index (χ4n) is 3.77. The smallest absolute Gasteiger partial charge is 0.203 e. The van der Waals surface area contributed by atoms with Crippen LogP contribution in [-0.2, 0) is 9.84 Å². The van der Waals surface area contributed by atoms with Crippen LogP contribution in [0.5, 0.6) is 0 Å². The molecular formula is C26H26N2O3S. The molecule has 4 rings (SSSR count). The molecule has 0 aliphatic rings. The largest absolute Gasteiger partial charge is 0.365 e. The molecule has 1 atom stereocenters. The van der Waals surface area contributed by atoms with Crippen molar-refractivity contribution >= 4 is 32.2 Å². The number of aromatic amines is 1. The fraction of sp³-hybridized carbons (Fsp3) is 0.192. The molecule has 3 aromatic carbocycles. The van der Waals surface area contributed by atoms with Crippen molar-refractivity contribution in [1.29, 1.82) is 0 Å². The number of carbonyl (C=O) groups excluding carboxylic acids is 1. The second-order valence-electron chi connectivity index (χ2n) is 7.92. The normalized spacial score (nSPS) is 12.6. The first-order chi connectivity index (χ1) is 15.4. The van der Waals surface area contributed by atoms with Crippen LogP contribution >= 0.6 is 0 Å². The highest BCUT2D eigenvalue weighted by Crippen LogP contribution is 2.34. The molecule has 5 nitrogen and oxygen atoms in total. The van der Waals surface area contributed by atoms with Crippen molar-refractivity contribution in [2.45, 2.75) is 37.0 Å². The van der Waals surface area contributed by atoms with Crippen LogP contribution in [0.1, 0.15) is 46.6 Å². The monoisotopic (exact) mass is 446 g/mol. The Morgan fingerprint density at radius 1 is 0.969 bits per heavy atom. The number of hydrogen-bond acceptors (Lipinski definition) is 4. The molecule has 0 saturated heterocycles. The number of carbonyl (C=O) groups is 1. The summed E-state index contributed by atoms with van der Waals surface area (Å²) in [5.74, 6) is 0.0829. The number of anilines is 1. The number of sulfone groups is 1.